The Balaban J connectivity index is 1.62. The van der Waals surface area contributed by atoms with Gasteiger partial charge in [-0.25, -0.2) is 0 Å². The van der Waals surface area contributed by atoms with Gasteiger partial charge in [0.05, 0.1) is 32.5 Å². The van der Waals surface area contributed by atoms with Crippen molar-refractivity contribution in [1.82, 2.24) is 0 Å². The van der Waals surface area contributed by atoms with Crippen LogP contribution in [0.2, 0.25) is 0 Å². The first kappa shape index (κ1) is 24.0. The van der Waals surface area contributed by atoms with E-state index >= 15 is 0 Å². The van der Waals surface area contributed by atoms with Crippen molar-refractivity contribution in [3.8, 4) is 23.0 Å². The lowest BCUT2D eigenvalue weighted by Gasteiger charge is -2.23. The molecule has 174 valence electrons. The van der Waals surface area contributed by atoms with Gasteiger partial charge in [-0.15, -0.1) is 0 Å². The zero-order chi connectivity index (χ0) is 22.9. The Morgan fingerprint density at radius 2 is 1.62 bits per heavy atom. The van der Waals surface area contributed by atoms with E-state index < -0.39 is 0 Å². The summed E-state index contributed by atoms with van der Waals surface area (Å²) >= 11 is 0. The average Bonchev–Trinajstić information content (AvgIpc) is 2.80. The number of methoxy groups -OCH3 is 1. The molecular weight excluding hydrogens is 404 g/mol. The Labute approximate surface area is 192 Å². The number of carbonyl (C=O) groups excluding carboxylic acids is 1. The quantitative estimate of drug-likeness (QED) is 0.300. The van der Waals surface area contributed by atoms with Crippen LogP contribution in [-0.2, 0) is 19.3 Å². The van der Waals surface area contributed by atoms with Gasteiger partial charge in [0.15, 0.2) is 5.78 Å². The Morgan fingerprint density at radius 3 is 2.28 bits per heavy atom. The minimum atomic E-state index is -0.00364. The van der Waals surface area contributed by atoms with Crippen molar-refractivity contribution in [1.29, 1.82) is 0 Å². The summed E-state index contributed by atoms with van der Waals surface area (Å²) in [5.41, 5.74) is 4.05. The summed E-state index contributed by atoms with van der Waals surface area (Å²) in [6.07, 6.45) is 6.66. The van der Waals surface area contributed by atoms with Crippen molar-refractivity contribution in [2.24, 2.45) is 0 Å². The summed E-state index contributed by atoms with van der Waals surface area (Å²) in [7, 11) is 1.61. The van der Waals surface area contributed by atoms with Gasteiger partial charge in [-0.1, -0.05) is 32.8 Å². The van der Waals surface area contributed by atoms with E-state index in [1.807, 2.05) is 6.07 Å². The van der Waals surface area contributed by atoms with Crippen molar-refractivity contribution in [2.45, 2.75) is 65.7 Å². The highest BCUT2D eigenvalue weighted by molar-refractivity contribution is 5.97. The second kappa shape index (κ2) is 11.8. The van der Waals surface area contributed by atoms with Crippen LogP contribution in [0.15, 0.2) is 24.3 Å². The zero-order valence-corrected chi connectivity index (χ0v) is 19.9. The minimum absolute atomic E-state index is 0.00364. The molecule has 0 spiro atoms. The molecular formula is C27H36O5. The van der Waals surface area contributed by atoms with Crippen molar-refractivity contribution >= 4 is 5.78 Å². The number of rotatable bonds is 12. The maximum absolute atomic E-state index is 11.9. The molecule has 0 bridgehead atoms. The van der Waals surface area contributed by atoms with Gasteiger partial charge in [-0.3, -0.25) is 4.79 Å². The minimum Gasteiger partial charge on any atom is -0.496 e. The third-order valence-electron chi connectivity index (χ3n) is 5.74. The van der Waals surface area contributed by atoms with Crippen molar-refractivity contribution < 1.29 is 23.7 Å². The molecule has 5 nitrogen and oxygen atoms in total. The third kappa shape index (κ3) is 5.56. The van der Waals surface area contributed by atoms with Gasteiger partial charge >= 0.3 is 0 Å². The van der Waals surface area contributed by atoms with Crippen LogP contribution in [0, 0.1) is 0 Å². The van der Waals surface area contributed by atoms with Gasteiger partial charge in [0.1, 0.15) is 23.0 Å². The van der Waals surface area contributed by atoms with Crippen LogP contribution in [-0.4, -0.2) is 32.7 Å². The molecule has 0 radical (unpaired) electrons. The van der Waals surface area contributed by atoms with E-state index in [0.717, 1.165) is 74.4 Å². The standard InChI is InChI=1S/C27H36O5/c1-5-9-22-24(14-12-20-11-7-16-32-26(20)22)30-17-8-18-31-25-15-13-21(19(3)28)27(29-4)23(25)10-6-2/h12-15H,5-11,16-18H2,1-4H3. The molecule has 0 unspecified atom stereocenters. The average molecular weight is 441 g/mol. The van der Waals surface area contributed by atoms with Crippen LogP contribution >= 0.6 is 0 Å². The van der Waals surface area contributed by atoms with Crippen LogP contribution in [0.1, 0.15) is 73.5 Å². The molecule has 0 saturated carbocycles. The molecule has 5 heteroatoms. The van der Waals surface area contributed by atoms with Crippen LogP contribution in [0.4, 0.5) is 0 Å². The number of carbonyl (C=O) groups is 1. The van der Waals surface area contributed by atoms with Gasteiger partial charge in [-0.2, -0.15) is 0 Å². The molecule has 1 aliphatic rings. The smallest absolute Gasteiger partial charge is 0.163 e. The summed E-state index contributed by atoms with van der Waals surface area (Å²) < 4.78 is 23.8. The van der Waals surface area contributed by atoms with E-state index in [1.54, 1.807) is 20.1 Å². The van der Waals surface area contributed by atoms with Crippen LogP contribution in [0.5, 0.6) is 23.0 Å². The molecule has 0 atom stereocenters. The van der Waals surface area contributed by atoms with Crippen LogP contribution in [0.3, 0.4) is 0 Å². The Hall–Kier alpha value is -2.69. The topological polar surface area (TPSA) is 54.0 Å². The van der Waals surface area contributed by atoms with Crippen molar-refractivity contribution in [3.05, 3.63) is 46.5 Å². The maximum atomic E-state index is 11.9. The first-order chi connectivity index (χ1) is 15.6. The summed E-state index contributed by atoms with van der Waals surface area (Å²) in [6, 6.07) is 7.89. The van der Waals surface area contributed by atoms with Gasteiger partial charge in [0.2, 0.25) is 0 Å². The lowest BCUT2D eigenvalue weighted by atomic mass is 9.99. The third-order valence-corrected chi connectivity index (χ3v) is 5.74. The van der Waals surface area contributed by atoms with E-state index in [1.165, 1.54) is 11.1 Å². The molecule has 0 aromatic heterocycles. The monoisotopic (exact) mass is 440 g/mol. The Morgan fingerprint density at radius 1 is 0.969 bits per heavy atom. The van der Waals surface area contributed by atoms with Crippen LogP contribution < -0.4 is 18.9 Å². The number of fused-ring (bicyclic) bond motifs is 1. The number of aryl methyl sites for hydroxylation is 1. The fourth-order valence-electron chi connectivity index (χ4n) is 4.26. The Bertz CT molecular complexity index is 919. The lowest BCUT2D eigenvalue weighted by molar-refractivity contribution is 0.101. The van der Waals surface area contributed by atoms with E-state index in [-0.39, 0.29) is 5.78 Å². The number of Topliss-reactive ketones (excluding diaryl/α,β-unsaturated/α-hetero) is 1. The summed E-state index contributed by atoms with van der Waals surface area (Å²) in [5.74, 6) is 3.37. The molecule has 3 rings (SSSR count). The fraction of sp³-hybridized carbons (Fsp3) is 0.519. The van der Waals surface area contributed by atoms with E-state index in [2.05, 4.69) is 26.0 Å². The highest BCUT2D eigenvalue weighted by Crippen LogP contribution is 2.37. The summed E-state index contributed by atoms with van der Waals surface area (Å²) in [6.45, 7) is 7.73. The van der Waals surface area contributed by atoms with Crippen LogP contribution in [0.25, 0.3) is 0 Å². The normalized spacial score (nSPS) is 12.6. The highest BCUT2D eigenvalue weighted by atomic mass is 16.5. The number of ether oxygens (including phenoxy) is 4. The van der Waals surface area contributed by atoms with E-state index in [0.29, 0.717) is 24.5 Å². The lowest BCUT2D eigenvalue weighted by Crippen LogP contribution is -2.13. The van der Waals surface area contributed by atoms with Gasteiger partial charge in [0, 0.05) is 17.5 Å². The predicted octanol–water partition coefficient (Wildman–Crippen LogP) is 5.98. The number of benzene rings is 2. The van der Waals surface area contributed by atoms with E-state index in [4.69, 9.17) is 18.9 Å². The number of hydrogen-bond acceptors (Lipinski definition) is 5. The van der Waals surface area contributed by atoms with Crippen molar-refractivity contribution in [3.63, 3.8) is 0 Å². The molecule has 0 N–H and O–H groups in total. The van der Waals surface area contributed by atoms with E-state index in [9.17, 15) is 4.79 Å². The molecule has 0 fully saturated rings. The molecule has 0 amide bonds. The molecule has 0 saturated heterocycles. The van der Waals surface area contributed by atoms with Gasteiger partial charge in [-0.05, 0) is 56.4 Å². The second-order valence-corrected chi connectivity index (χ2v) is 8.21. The predicted molar refractivity (Wildman–Crippen MR) is 127 cm³/mol. The molecule has 1 heterocycles. The summed E-state index contributed by atoms with van der Waals surface area (Å²) in [4.78, 5) is 11.9. The molecule has 2 aromatic carbocycles. The zero-order valence-electron chi connectivity index (χ0n) is 19.9. The molecule has 2 aromatic rings. The molecule has 1 aliphatic heterocycles. The van der Waals surface area contributed by atoms with Crippen molar-refractivity contribution in [2.75, 3.05) is 26.9 Å². The second-order valence-electron chi connectivity index (χ2n) is 8.21. The van der Waals surface area contributed by atoms with Gasteiger partial charge in [0.25, 0.3) is 0 Å². The largest absolute Gasteiger partial charge is 0.496 e. The summed E-state index contributed by atoms with van der Waals surface area (Å²) in [5, 5.41) is 0. The number of hydrogen-bond donors (Lipinski definition) is 0. The van der Waals surface area contributed by atoms with Gasteiger partial charge < -0.3 is 18.9 Å². The SMILES string of the molecule is CCCc1c(OCCCOc2ccc(C(C)=O)c(OC)c2CCC)ccc2c1OCCC2. The maximum Gasteiger partial charge on any atom is 0.163 e. The Kier molecular flexibility index (Phi) is 8.83. The molecule has 0 aliphatic carbocycles. The fourth-order valence-corrected chi connectivity index (χ4v) is 4.26. The first-order valence-electron chi connectivity index (χ1n) is 11.8. The number of ketones is 1. The molecule has 32 heavy (non-hydrogen) atoms. The first-order valence-corrected chi connectivity index (χ1v) is 11.8. The highest BCUT2D eigenvalue weighted by Gasteiger charge is 2.19.